The number of hydrogen-bond donors (Lipinski definition) is 5. The van der Waals surface area contributed by atoms with Crippen LogP contribution in [0.25, 0.3) is 0 Å². The van der Waals surface area contributed by atoms with Crippen molar-refractivity contribution in [2.24, 2.45) is 11.5 Å². The fourth-order valence-corrected chi connectivity index (χ4v) is 3.61. The lowest BCUT2D eigenvalue weighted by atomic mass is 9.92. The van der Waals surface area contributed by atoms with Gasteiger partial charge in [-0.3, -0.25) is 19.0 Å². The number of primary amides is 1. The van der Waals surface area contributed by atoms with Gasteiger partial charge in [-0.25, -0.2) is 9.78 Å². The summed E-state index contributed by atoms with van der Waals surface area (Å²) >= 11 is 6.22. The number of carboxylic acid groups (broad SMARTS) is 1. The number of aliphatic carboxylic acids is 1. The Morgan fingerprint density at radius 1 is 1.16 bits per heavy atom. The predicted octanol–water partition coefficient (Wildman–Crippen LogP) is 2.26. The molecule has 7 N–H and O–H groups in total. The normalized spacial score (nSPS) is 17.2. The minimum atomic E-state index is -5.08. The Morgan fingerprint density at radius 3 is 2.19 bits per heavy atom. The molecule has 1 aliphatic rings. The second-order valence-corrected chi connectivity index (χ2v) is 8.63. The smallest absolute Gasteiger partial charge is 0.475 e. The number of amides is 2. The molecule has 1 fully saturated rings. The van der Waals surface area contributed by atoms with E-state index in [2.05, 4.69) is 15.6 Å². The fourth-order valence-electron chi connectivity index (χ4n) is 3.42. The molecule has 2 aromatic rings. The molecule has 0 atom stereocenters. The first kappa shape index (κ1) is 29.6. The number of anilines is 2. The van der Waals surface area contributed by atoms with Gasteiger partial charge in [-0.2, -0.15) is 13.2 Å². The lowest BCUT2D eigenvalue weighted by Gasteiger charge is -2.27. The van der Waals surface area contributed by atoms with Gasteiger partial charge in [0.15, 0.2) is 11.0 Å². The van der Waals surface area contributed by atoms with Gasteiger partial charge in [0.05, 0.1) is 5.69 Å². The summed E-state index contributed by atoms with van der Waals surface area (Å²) in [4.78, 5) is 49.6. The highest BCUT2D eigenvalue weighted by Gasteiger charge is 2.38. The van der Waals surface area contributed by atoms with E-state index in [-0.39, 0.29) is 29.6 Å². The molecule has 1 aromatic carbocycles. The molecule has 1 aliphatic carbocycles. The van der Waals surface area contributed by atoms with E-state index < -0.39 is 29.5 Å². The summed E-state index contributed by atoms with van der Waals surface area (Å²) in [5.74, 6) is -3.59. The molecule has 0 bridgehead atoms. The number of hydrogen-bond acceptors (Lipinski definition) is 7. The highest BCUT2D eigenvalue weighted by atomic mass is 35.5. The van der Waals surface area contributed by atoms with Crippen LogP contribution in [0, 0.1) is 6.92 Å². The molecule has 1 saturated carbocycles. The molecular weight excluding hydrogens is 521 g/mol. The fraction of sp³-hybridized carbons (Fsp3) is 0.409. The first-order valence-corrected chi connectivity index (χ1v) is 11.4. The van der Waals surface area contributed by atoms with Crippen molar-refractivity contribution in [3.63, 3.8) is 0 Å². The van der Waals surface area contributed by atoms with E-state index in [0.717, 1.165) is 25.7 Å². The molecule has 0 saturated heterocycles. The highest BCUT2D eigenvalue weighted by Crippen LogP contribution is 2.21. The Morgan fingerprint density at radius 2 is 1.70 bits per heavy atom. The van der Waals surface area contributed by atoms with Crippen LogP contribution in [0.15, 0.2) is 29.1 Å². The summed E-state index contributed by atoms with van der Waals surface area (Å²) in [6.07, 6.45) is -1.64. The lowest BCUT2D eigenvalue weighted by molar-refractivity contribution is -0.192. The van der Waals surface area contributed by atoms with Crippen molar-refractivity contribution in [3.05, 3.63) is 51.0 Å². The van der Waals surface area contributed by atoms with Crippen LogP contribution in [0.2, 0.25) is 5.15 Å². The average Bonchev–Trinajstić information content (AvgIpc) is 2.82. The van der Waals surface area contributed by atoms with Gasteiger partial charge < -0.3 is 27.2 Å². The van der Waals surface area contributed by atoms with E-state index in [1.807, 2.05) is 0 Å². The van der Waals surface area contributed by atoms with Crippen molar-refractivity contribution in [2.75, 3.05) is 10.6 Å². The van der Waals surface area contributed by atoms with Gasteiger partial charge in [-0.15, -0.1) is 0 Å². The summed E-state index contributed by atoms with van der Waals surface area (Å²) in [5.41, 5.74) is 11.9. The van der Waals surface area contributed by atoms with Gasteiger partial charge in [-0.1, -0.05) is 11.6 Å². The molecule has 202 valence electrons. The van der Waals surface area contributed by atoms with E-state index in [0.29, 0.717) is 16.9 Å². The molecular formula is C22H26ClF3N6O5. The number of carbonyl (C=O) groups is 3. The minimum Gasteiger partial charge on any atom is -0.475 e. The number of alkyl halides is 3. The predicted molar refractivity (Wildman–Crippen MR) is 129 cm³/mol. The van der Waals surface area contributed by atoms with Gasteiger partial charge in [0.25, 0.3) is 5.56 Å². The van der Waals surface area contributed by atoms with Gasteiger partial charge in [0, 0.05) is 23.3 Å². The topological polar surface area (TPSA) is 182 Å². The quantitative estimate of drug-likeness (QED) is 0.365. The number of benzene rings is 1. The maximum atomic E-state index is 12.9. The van der Waals surface area contributed by atoms with Crippen molar-refractivity contribution in [1.82, 2.24) is 9.55 Å². The van der Waals surface area contributed by atoms with E-state index in [9.17, 15) is 27.6 Å². The van der Waals surface area contributed by atoms with Crippen LogP contribution in [0.5, 0.6) is 0 Å². The largest absolute Gasteiger partial charge is 0.490 e. The number of nitrogens with one attached hydrogen (secondary N) is 2. The number of nitrogens with two attached hydrogens (primary N) is 2. The number of nitrogens with zero attached hydrogens (tertiary/aromatic N) is 2. The molecule has 11 nitrogen and oxygen atoms in total. The second kappa shape index (κ2) is 12.5. The van der Waals surface area contributed by atoms with Crippen molar-refractivity contribution >= 4 is 40.9 Å². The molecule has 15 heteroatoms. The molecule has 0 spiro atoms. The maximum Gasteiger partial charge on any atom is 0.490 e. The summed E-state index contributed by atoms with van der Waals surface area (Å²) in [7, 11) is 0. The molecule has 2 amide bonds. The molecule has 0 unspecified atom stereocenters. The third kappa shape index (κ3) is 8.75. The van der Waals surface area contributed by atoms with E-state index in [1.165, 1.54) is 16.7 Å². The Hall–Kier alpha value is -3.65. The van der Waals surface area contributed by atoms with E-state index >= 15 is 0 Å². The SMILES string of the molecule is Cc1c(Cl)nc(NC2CCC(N)CC2)c(=O)n1CC(=O)Nc1ccc(C(N)=O)cc1.O=C(O)C(F)(F)F. The van der Waals surface area contributed by atoms with E-state index in [4.69, 9.17) is 33.0 Å². The number of halogens is 4. The lowest BCUT2D eigenvalue weighted by Crippen LogP contribution is -2.37. The minimum absolute atomic E-state index is 0.0924. The first-order valence-electron chi connectivity index (χ1n) is 11.0. The number of carboxylic acids is 1. The standard InChI is InChI=1S/C20H25ClN6O3.C2HF3O2/c1-11-17(21)26-19(25-15-8-4-13(22)5-9-15)20(30)27(11)10-16(28)24-14-6-2-12(3-7-14)18(23)29;3-2(4,5)1(6)7/h2-3,6-7,13,15H,4-5,8-10,22H2,1H3,(H2,23,29)(H,24,28)(H,25,26);(H,6,7). The number of aromatic nitrogens is 2. The van der Waals surface area contributed by atoms with Crippen molar-refractivity contribution < 1.29 is 32.7 Å². The Kier molecular flexibility index (Phi) is 10.0. The van der Waals surface area contributed by atoms with E-state index in [1.54, 1.807) is 19.1 Å². The van der Waals surface area contributed by atoms with Crippen molar-refractivity contribution in [2.45, 2.75) is 57.4 Å². The molecule has 1 aromatic heterocycles. The highest BCUT2D eigenvalue weighted by molar-refractivity contribution is 6.30. The number of carbonyl (C=O) groups excluding carboxylic acids is 2. The van der Waals surface area contributed by atoms with Gasteiger partial charge in [0.1, 0.15) is 6.54 Å². The zero-order valence-electron chi connectivity index (χ0n) is 19.6. The monoisotopic (exact) mass is 546 g/mol. The summed E-state index contributed by atoms with van der Waals surface area (Å²) in [6, 6.07) is 6.43. The average molecular weight is 547 g/mol. The van der Waals surface area contributed by atoms with Crippen LogP contribution in [0.3, 0.4) is 0 Å². The van der Waals surface area contributed by atoms with Gasteiger partial charge in [-0.05, 0) is 56.9 Å². The van der Waals surface area contributed by atoms with Crippen LogP contribution in [-0.2, 0) is 16.1 Å². The summed E-state index contributed by atoms with van der Waals surface area (Å²) in [6.45, 7) is 1.41. The Labute approximate surface area is 214 Å². The molecule has 3 rings (SSSR count). The molecule has 1 heterocycles. The molecule has 0 radical (unpaired) electrons. The zero-order chi connectivity index (χ0) is 27.9. The Balaban J connectivity index is 0.000000604. The third-order valence-electron chi connectivity index (χ3n) is 5.47. The van der Waals surface area contributed by atoms with Crippen molar-refractivity contribution in [3.8, 4) is 0 Å². The maximum absolute atomic E-state index is 12.9. The first-order chi connectivity index (χ1) is 17.2. The second-order valence-electron chi connectivity index (χ2n) is 8.28. The Bertz CT molecular complexity index is 1200. The van der Waals surface area contributed by atoms with Crippen LogP contribution >= 0.6 is 11.6 Å². The summed E-state index contributed by atoms with van der Waals surface area (Å²) in [5, 5.41) is 13.1. The van der Waals surface area contributed by atoms with Crippen LogP contribution < -0.4 is 27.7 Å². The van der Waals surface area contributed by atoms with Crippen LogP contribution in [-0.4, -0.2) is 50.7 Å². The van der Waals surface area contributed by atoms with Crippen LogP contribution in [0.1, 0.15) is 41.7 Å². The third-order valence-corrected chi connectivity index (χ3v) is 5.83. The molecule has 0 aliphatic heterocycles. The molecule has 37 heavy (non-hydrogen) atoms. The van der Waals surface area contributed by atoms with Crippen LogP contribution in [0.4, 0.5) is 24.7 Å². The van der Waals surface area contributed by atoms with Gasteiger partial charge in [0.2, 0.25) is 11.8 Å². The zero-order valence-corrected chi connectivity index (χ0v) is 20.4. The van der Waals surface area contributed by atoms with Gasteiger partial charge >= 0.3 is 12.1 Å². The number of rotatable bonds is 6. The van der Waals surface area contributed by atoms with Crippen molar-refractivity contribution in [1.29, 1.82) is 0 Å². The summed E-state index contributed by atoms with van der Waals surface area (Å²) < 4.78 is 33.0.